The topological polar surface area (TPSA) is 58.2 Å². The number of benzene rings is 2. The third kappa shape index (κ3) is 4.38. The molecule has 0 aliphatic rings. The lowest BCUT2D eigenvalue weighted by molar-refractivity contribution is -0.121. The van der Waals surface area contributed by atoms with Gasteiger partial charge in [0.2, 0.25) is 5.91 Å². The number of hydrogen-bond acceptors (Lipinski definition) is 2. The van der Waals surface area contributed by atoms with E-state index < -0.39 is 23.4 Å². The molecule has 0 fully saturated rings. The Labute approximate surface area is 119 Å². The maximum absolute atomic E-state index is 13.0. The van der Waals surface area contributed by atoms with Crippen molar-refractivity contribution in [3.63, 3.8) is 0 Å². The van der Waals surface area contributed by atoms with E-state index in [4.69, 9.17) is 0 Å². The third-order valence-corrected chi connectivity index (χ3v) is 2.68. The summed E-state index contributed by atoms with van der Waals surface area (Å²) in [6, 6.07) is 10.5. The van der Waals surface area contributed by atoms with Crippen LogP contribution >= 0.6 is 0 Å². The average Bonchev–Trinajstić information content (AvgIpc) is 2.45. The molecule has 6 heteroatoms. The van der Waals surface area contributed by atoms with Crippen molar-refractivity contribution in [1.82, 2.24) is 10.9 Å². The first-order valence-electron chi connectivity index (χ1n) is 6.14. The van der Waals surface area contributed by atoms with Crippen LogP contribution in [0.3, 0.4) is 0 Å². The van der Waals surface area contributed by atoms with Crippen LogP contribution in [0.4, 0.5) is 8.78 Å². The van der Waals surface area contributed by atoms with Gasteiger partial charge < -0.3 is 0 Å². The van der Waals surface area contributed by atoms with Crippen LogP contribution < -0.4 is 10.9 Å². The number of nitrogens with one attached hydrogen (secondary N) is 2. The summed E-state index contributed by atoms with van der Waals surface area (Å²) < 4.78 is 25.7. The van der Waals surface area contributed by atoms with Crippen LogP contribution in [0, 0.1) is 11.6 Å². The Balaban J connectivity index is 1.86. The molecule has 2 amide bonds. The van der Waals surface area contributed by atoms with Gasteiger partial charge in [0.1, 0.15) is 11.6 Å². The average molecular weight is 290 g/mol. The number of hydrogen-bond donors (Lipinski definition) is 2. The van der Waals surface area contributed by atoms with Gasteiger partial charge in [-0.25, -0.2) is 8.78 Å². The molecular weight excluding hydrogens is 278 g/mol. The molecule has 2 rings (SSSR count). The molecule has 2 N–H and O–H groups in total. The van der Waals surface area contributed by atoms with Crippen molar-refractivity contribution in [2.75, 3.05) is 0 Å². The van der Waals surface area contributed by atoms with E-state index >= 15 is 0 Å². The Morgan fingerprint density at radius 1 is 0.905 bits per heavy atom. The monoisotopic (exact) mass is 290 g/mol. The van der Waals surface area contributed by atoms with Gasteiger partial charge in [0.05, 0.1) is 6.42 Å². The van der Waals surface area contributed by atoms with Crippen molar-refractivity contribution in [2.24, 2.45) is 0 Å². The number of carbonyl (C=O) groups is 2. The zero-order valence-corrected chi connectivity index (χ0v) is 10.9. The Kier molecular flexibility index (Phi) is 4.61. The molecule has 0 aliphatic heterocycles. The van der Waals surface area contributed by atoms with Crippen LogP contribution in [0.2, 0.25) is 0 Å². The van der Waals surface area contributed by atoms with Gasteiger partial charge in [-0.15, -0.1) is 0 Å². The maximum Gasteiger partial charge on any atom is 0.269 e. The minimum atomic E-state index is -0.567. The lowest BCUT2D eigenvalue weighted by Gasteiger charge is -2.07. The highest BCUT2D eigenvalue weighted by Crippen LogP contribution is 2.04. The third-order valence-electron chi connectivity index (χ3n) is 2.68. The van der Waals surface area contributed by atoms with Crippen molar-refractivity contribution in [2.45, 2.75) is 6.42 Å². The molecule has 0 aromatic heterocycles. The van der Waals surface area contributed by atoms with Crippen LogP contribution in [-0.4, -0.2) is 11.8 Å². The number of carbonyl (C=O) groups excluding carboxylic acids is 2. The lowest BCUT2D eigenvalue weighted by Crippen LogP contribution is -2.42. The SMILES string of the molecule is O=C(Cc1cccc(F)c1)NNC(=O)c1ccc(F)cc1. The molecule has 0 aliphatic carbocycles. The Morgan fingerprint density at radius 2 is 1.62 bits per heavy atom. The van der Waals surface area contributed by atoms with Crippen LogP contribution in [0.1, 0.15) is 15.9 Å². The predicted molar refractivity (Wildman–Crippen MR) is 72.1 cm³/mol. The van der Waals surface area contributed by atoms with Gasteiger partial charge in [-0.05, 0) is 42.0 Å². The van der Waals surface area contributed by atoms with E-state index in [0.29, 0.717) is 5.56 Å². The van der Waals surface area contributed by atoms with E-state index in [-0.39, 0.29) is 12.0 Å². The summed E-state index contributed by atoms with van der Waals surface area (Å²) in [4.78, 5) is 23.3. The highest BCUT2D eigenvalue weighted by atomic mass is 19.1. The van der Waals surface area contributed by atoms with Crippen molar-refractivity contribution >= 4 is 11.8 Å². The van der Waals surface area contributed by atoms with E-state index in [1.807, 2.05) is 0 Å². The fourth-order valence-corrected chi connectivity index (χ4v) is 1.68. The van der Waals surface area contributed by atoms with E-state index in [0.717, 1.165) is 12.1 Å². The zero-order valence-electron chi connectivity index (χ0n) is 10.9. The highest BCUT2D eigenvalue weighted by molar-refractivity contribution is 5.95. The number of hydrazine groups is 1. The molecule has 108 valence electrons. The first kappa shape index (κ1) is 14.6. The molecule has 4 nitrogen and oxygen atoms in total. The predicted octanol–water partition coefficient (Wildman–Crippen LogP) is 1.97. The van der Waals surface area contributed by atoms with Gasteiger partial charge in [0.25, 0.3) is 5.91 Å². The van der Waals surface area contributed by atoms with Crippen LogP contribution in [-0.2, 0) is 11.2 Å². The summed E-state index contributed by atoms with van der Waals surface area (Å²) in [5.74, 6) is -1.95. The summed E-state index contributed by atoms with van der Waals surface area (Å²) in [5.41, 5.74) is 5.11. The van der Waals surface area contributed by atoms with Crippen molar-refractivity contribution < 1.29 is 18.4 Å². The summed E-state index contributed by atoms with van der Waals surface area (Å²) in [5, 5.41) is 0. The van der Waals surface area contributed by atoms with Crippen molar-refractivity contribution in [3.8, 4) is 0 Å². The molecule has 0 saturated heterocycles. The Hall–Kier alpha value is -2.76. The molecule has 0 spiro atoms. The Bertz CT molecular complexity index is 657. The summed E-state index contributed by atoms with van der Waals surface area (Å²) >= 11 is 0. The van der Waals surface area contributed by atoms with Crippen LogP contribution in [0.5, 0.6) is 0 Å². The quantitative estimate of drug-likeness (QED) is 0.849. The lowest BCUT2D eigenvalue weighted by atomic mass is 10.1. The number of rotatable bonds is 3. The summed E-state index contributed by atoms with van der Waals surface area (Å²) in [7, 11) is 0. The second kappa shape index (κ2) is 6.60. The van der Waals surface area contributed by atoms with E-state index in [2.05, 4.69) is 10.9 Å². The van der Waals surface area contributed by atoms with E-state index in [9.17, 15) is 18.4 Å². The largest absolute Gasteiger partial charge is 0.273 e. The van der Waals surface area contributed by atoms with Gasteiger partial charge in [-0.1, -0.05) is 12.1 Å². The number of halogens is 2. The first-order valence-corrected chi connectivity index (χ1v) is 6.14. The second-order valence-corrected chi connectivity index (χ2v) is 4.32. The molecule has 0 atom stereocenters. The van der Waals surface area contributed by atoms with Crippen LogP contribution in [0.25, 0.3) is 0 Å². The fraction of sp³-hybridized carbons (Fsp3) is 0.0667. The molecule has 0 saturated carbocycles. The van der Waals surface area contributed by atoms with Gasteiger partial charge in [-0.3, -0.25) is 20.4 Å². The molecular formula is C15H12F2N2O2. The number of amides is 2. The van der Waals surface area contributed by atoms with E-state index in [1.54, 1.807) is 6.07 Å². The molecule has 21 heavy (non-hydrogen) atoms. The minimum Gasteiger partial charge on any atom is -0.273 e. The molecule has 2 aromatic carbocycles. The van der Waals surface area contributed by atoms with Gasteiger partial charge in [0.15, 0.2) is 0 Å². The smallest absolute Gasteiger partial charge is 0.269 e. The van der Waals surface area contributed by atoms with E-state index in [1.165, 1.54) is 30.3 Å². The molecule has 0 unspecified atom stereocenters. The fourth-order valence-electron chi connectivity index (χ4n) is 1.68. The molecule has 2 aromatic rings. The normalized spacial score (nSPS) is 10.0. The van der Waals surface area contributed by atoms with Crippen LogP contribution in [0.15, 0.2) is 48.5 Å². The first-order chi connectivity index (χ1) is 10.0. The Morgan fingerprint density at radius 3 is 2.29 bits per heavy atom. The summed E-state index contributed by atoms with van der Waals surface area (Å²) in [6.45, 7) is 0. The second-order valence-electron chi connectivity index (χ2n) is 4.32. The van der Waals surface area contributed by atoms with Gasteiger partial charge in [0, 0.05) is 5.56 Å². The van der Waals surface area contributed by atoms with Crippen molar-refractivity contribution in [1.29, 1.82) is 0 Å². The summed E-state index contributed by atoms with van der Waals surface area (Å²) in [6.07, 6.45) is -0.0680. The molecule has 0 bridgehead atoms. The standard InChI is InChI=1S/C15H12F2N2O2/c16-12-6-4-11(5-7-12)15(21)19-18-14(20)9-10-2-1-3-13(17)8-10/h1-8H,9H2,(H,18,20)(H,19,21). The van der Waals surface area contributed by atoms with Crippen molar-refractivity contribution in [3.05, 3.63) is 71.3 Å². The molecule has 0 heterocycles. The highest BCUT2D eigenvalue weighted by Gasteiger charge is 2.08. The molecule has 0 radical (unpaired) electrons. The van der Waals surface area contributed by atoms with Gasteiger partial charge >= 0.3 is 0 Å². The maximum atomic E-state index is 13.0. The van der Waals surface area contributed by atoms with Gasteiger partial charge in [-0.2, -0.15) is 0 Å². The minimum absolute atomic E-state index is 0.0680. The zero-order chi connectivity index (χ0) is 15.2.